The van der Waals surface area contributed by atoms with Crippen molar-refractivity contribution in [1.29, 1.82) is 0 Å². The molecule has 6 heteroatoms. The first kappa shape index (κ1) is 28.4. The molecule has 0 aliphatic carbocycles. The molecule has 0 unspecified atom stereocenters. The molecule has 0 aliphatic heterocycles. The van der Waals surface area contributed by atoms with Gasteiger partial charge >= 0.3 is 0 Å². The molecule has 0 amide bonds. The molecule has 3 aromatic heterocycles. The van der Waals surface area contributed by atoms with E-state index in [1.807, 2.05) is 91.1 Å². The highest BCUT2D eigenvalue weighted by Crippen LogP contribution is 2.36. The fraction of sp³-hybridized carbons (Fsp3) is 0. The summed E-state index contributed by atoms with van der Waals surface area (Å²) in [4.78, 5) is 24.6. The lowest BCUT2D eigenvalue weighted by molar-refractivity contribution is 1.07. The largest absolute Gasteiger partial charge is 0.290 e. The molecule has 3 heterocycles. The van der Waals surface area contributed by atoms with Gasteiger partial charge in [-0.1, -0.05) is 121 Å². The van der Waals surface area contributed by atoms with Crippen molar-refractivity contribution in [3.8, 4) is 62.5 Å². The van der Waals surface area contributed by atoms with Crippen molar-refractivity contribution in [3.63, 3.8) is 0 Å². The minimum Gasteiger partial charge on any atom is -0.290 e. The van der Waals surface area contributed by atoms with Gasteiger partial charge in [0.15, 0.2) is 23.3 Å². The Bertz CT molecular complexity index is 2540. The van der Waals surface area contributed by atoms with E-state index >= 15 is 0 Å². The fourth-order valence-electron chi connectivity index (χ4n) is 6.35. The number of para-hydroxylation sites is 2. The maximum absolute atomic E-state index is 5.07. The summed E-state index contributed by atoms with van der Waals surface area (Å²) in [6, 6.07) is 55.7. The van der Waals surface area contributed by atoms with Crippen LogP contribution >= 0.6 is 0 Å². The summed E-state index contributed by atoms with van der Waals surface area (Å²) in [6.07, 6.45) is 1.81. The molecule has 230 valence electrons. The average Bonchev–Trinajstić information content (AvgIpc) is 3.58. The lowest BCUT2D eigenvalue weighted by Crippen LogP contribution is -2.01. The van der Waals surface area contributed by atoms with Crippen molar-refractivity contribution in [2.24, 2.45) is 0 Å². The Balaban J connectivity index is 1.23. The van der Waals surface area contributed by atoms with Gasteiger partial charge in [0.25, 0.3) is 0 Å². The third-order valence-corrected chi connectivity index (χ3v) is 8.69. The molecule has 0 saturated carbocycles. The molecule has 0 fully saturated rings. The van der Waals surface area contributed by atoms with Crippen LogP contribution < -0.4 is 0 Å². The second kappa shape index (κ2) is 12.1. The van der Waals surface area contributed by atoms with Crippen LogP contribution in [0.2, 0.25) is 0 Å². The van der Waals surface area contributed by atoms with Gasteiger partial charge in [-0.15, -0.1) is 0 Å². The van der Waals surface area contributed by atoms with E-state index < -0.39 is 0 Å². The Morgan fingerprint density at radius 2 is 1.02 bits per heavy atom. The van der Waals surface area contributed by atoms with Crippen molar-refractivity contribution in [1.82, 2.24) is 29.5 Å². The zero-order valence-electron chi connectivity index (χ0n) is 26.3. The first-order valence-corrected chi connectivity index (χ1v) is 16.2. The second-order valence-electron chi connectivity index (χ2n) is 11.8. The third kappa shape index (κ3) is 5.31. The standard InChI is InChI=1S/C43H28N6/c1-3-14-29(15-4-1)40-46-41(30-16-5-2-6-17-30)48-42(47-40)33-20-13-19-31(26-33)34-27-32-18-7-8-21-35(32)39(28-34)49-38-24-10-9-22-36(38)45-43(49)37-23-11-12-25-44-37/h1-28H. The van der Waals surface area contributed by atoms with Gasteiger partial charge in [-0.05, 0) is 59.0 Å². The highest BCUT2D eigenvalue weighted by molar-refractivity contribution is 5.97. The number of pyridine rings is 1. The van der Waals surface area contributed by atoms with Gasteiger partial charge in [0, 0.05) is 28.3 Å². The van der Waals surface area contributed by atoms with Gasteiger partial charge in [-0.2, -0.15) is 0 Å². The predicted molar refractivity (Wildman–Crippen MR) is 197 cm³/mol. The first-order chi connectivity index (χ1) is 24.3. The van der Waals surface area contributed by atoms with Crippen molar-refractivity contribution in [2.75, 3.05) is 0 Å². The van der Waals surface area contributed by atoms with E-state index in [0.717, 1.165) is 66.8 Å². The van der Waals surface area contributed by atoms with Crippen molar-refractivity contribution < 1.29 is 0 Å². The zero-order chi connectivity index (χ0) is 32.6. The van der Waals surface area contributed by atoms with E-state index in [0.29, 0.717) is 17.5 Å². The number of fused-ring (bicyclic) bond motifs is 2. The summed E-state index contributed by atoms with van der Waals surface area (Å²) in [6.45, 7) is 0. The average molecular weight is 629 g/mol. The second-order valence-corrected chi connectivity index (χ2v) is 11.8. The zero-order valence-corrected chi connectivity index (χ0v) is 26.3. The van der Waals surface area contributed by atoms with Gasteiger partial charge in [0.05, 0.1) is 16.7 Å². The molecule has 0 aliphatic rings. The van der Waals surface area contributed by atoms with Crippen molar-refractivity contribution in [2.45, 2.75) is 0 Å². The van der Waals surface area contributed by atoms with Crippen LogP contribution in [0.15, 0.2) is 170 Å². The maximum atomic E-state index is 5.07. The Hall–Kier alpha value is -6.79. The predicted octanol–water partition coefficient (Wildman–Crippen LogP) is 10.1. The molecule has 6 aromatic carbocycles. The molecule has 6 nitrogen and oxygen atoms in total. The smallest absolute Gasteiger partial charge is 0.164 e. The molecular weight excluding hydrogens is 601 g/mol. The summed E-state index contributed by atoms with van der Waals surface area (Å²) in [5.74, 6) is 2.69. The number of hydrogen-bond donors (Lipinski definition) is 0. The fourth-order valence-corrected chi connectivity index (χ4v) is 6.35. The van der Waals surface area contributed by atoms with Crippen LogP contribution in [0.4, 0.5) is 0 Å². The number of benzene rings is 6. The van der Waals surface area contributed by atoms with Gasteiger partial charge < -0.3 is 0 Å². The molecule has 0 saturated heterocycles. The lowest BCUT2D eigenvalue weighted by atomic mass is 9.97. The van der Waals surface area contributed by atoms with E-state index in [-0.39, 0.29) is 0 Å². The highest BCUT2D eigenvalue weighted by atomic mass is 15.1. The van der Waals surface area contributed by atoms with Crippen LogP contribution in [0, 0.1) is 0 Å². The number of hydrogen-bond acceptors (Lipinski definition) is 5. The van der Waals surface area contributed by atoms with Crippen LogP contribution in [0.1, 0.15) is 0 Å². The summed E-state index contributed by atoms with van der Waals surface area (Å²) < 4.78 is 2.23. The summed E-state index contributed by atoms with van der Waals surface area (Å²) in [5, 5.41) is 2.25. The first-order valence-electron chi connectivity index (χ1n) is 16.2. The minimum atomic E-state index is 0.619. The summed E-state index contributed by atoms with van der Waals surface area (Å²) in [5.41, 5.74) is 8.69. The van der Waals surface area contributed by atoms with Crippen LogP contribution in [-0.4, -0.2) is 29.5 Å². The molecule has 0 atom stereocenters. The summed E-state index contributed by atoms with van der Waals surface area (Å²) in [7, 11) is 0. The topological polar surface area (TPSA) is 69.4 Å². The summed E-state index contributed by atoms with van der Waals surface area (Å²) >= 11 is 0. The Kier molecular flexibility index (Phi) is 7.02. The van der Waals surface area contributed by atoms with Gasteiger partial charge in [0.2, 0.25) is 0 Å². The van der Waals surface area contributed by atoms with Crippen LogP contribution in [0.5, 0.6) is 0 Å². The van der Waals surface area contributed by atoms with Gasteiger partial charge in [0.1, 0.15) is 5.69 Å². The Labute approximate surface area is 283 Å². The number of imidazole rings is 1. The molecular formula is C43H28N6. The quantitative estimate of drug-likeness (QED) is 0.183. The molecule has 0 N–H and O–H groups in total. The molecule has 0 bridgehead atoms. The van der Waals surface area contributed by atoms with Crippen LogP contribution in [0.3, 0.4) is 0 Å². The number of rotatable bonds is 6. The molecule has 9 aromatic rings. The number of aromatic nitrogens is 6. The van der Waals surface area contributed by atoms with Crippen LogP contribution in [-0.2, 0) is 0 Å². The SMILES string of the molecule is c1ccc(-c2nc(-c3ccccc3)nc(-c3cccc(-c4cc(-n5c(-c6ccccn6)nc6ccccc65)c5ccccc5c4)c3)n2)cc1. The van der Waals surface area contributed by atoms with Crippen molar-refractivity contribution in [3.05, 3.63) is 170 Å². The third-order valence-electron chi connectivity index (χ3n) is 8.69. The Morgan fingerprint density at radius 1 is 0.408 bits per heavy atom. The van der Waals surface area contributed by atoms with Gasteiger partial charge in [-0.3, -0.25) is 9.55 Å². The van der Waals surface area contributed by atoms with Crippen molar-refractivity contribution >= 4 is 21.8 Å². The molecule has 9 rings (SSSR count). The van der Waals surface area contributed by atoms with E-state index in [9.17, 15) is 0 Å². The highest BCUT2D eigenvalue weighted by Gasteiger charge is 2.19. The van der Waals surface area contributed by atoms with Gasteiger partial charge in [-0.25, -0.2) is 19.9 Å². The van der Waals surface area contributed by atoms with E-state index in [4.69, 9.17) is 24.9 Å². The number of nitrogens with zero attached hydrogens (tertiary/aromatic N) is 6. The van der Waals surface area contributed by atoms with Crippen LogP contribution in [0.25, 0.3) is 84.3 Å². The molecule has 0 spiro atoms. The minimum absolute atomic E-state index is 0.619. The lowest BCUT2D eigenvalue weighted by Gasteiger charge is -2.15. The molecule has 49 heavy (non-hydrogen) atoms. The Morgan fingerprint density at radius 3 is 1.76 bits per heavy atom. The van der Waals surface area contributed by atoms with E-state index in [2.05, 4.69) is 83.4 Å². The molecule has 0 radical (unpaired) electrons. The monoisotopic (exact) mass is 628 g/mol. The van der Waals surface area contributed by atoms with E-state index in [1.165, 1.54) is 0 Å². The van der Waals surface area contributed by atoms with E-state index in [1.54, 1.807) is 0 Å². The normalized spacial score (nSPS) is 11.3. The maximum Gasteiger partial charge on any atom is 0.164 e.